The van der Waals surface area contributed by atoms with E-state index in [1.807, 2.05) is 31.2 Å². The summed E-state index contributed by atoms with van der Waals surface area (Å²) in [6, 6.07) is 7.83. The van der Waals surface area contributed by atoms with Crippen molar-refractivity contribution in [3.63, 3.8) is 0 Å². The van der Waals surface area contributed by atoms with Crippen LogP contribution < -0.4 is 5.32 Å². The highest BCUT2D eigenvalue weighted by Gasteiger charge is 2.38. The van der Waals surface area contributed by atoms with Crippen LogP contribution >= 0.6 is 23.2 Å². The molecule has 1 aliphatic rings. The molecule has 0 spiro atoms. The molecule has 0 aliphatic heterocycles. The SMILES string of the molecule is COC(=O)CC1CCC(c2ccc(NC(=O)c3c(Cl)nc(C[C@H](C)O[Si](C)(C)C(C)(C)C)nc3Cl)cc2)CC1. The number of amides is 1. The molecule has 1 aliphatic carbocycles. The van der Waals surface area contributed by atoms with Crippen LogP contribution in [0.1, 0.15) is 87.5 Å². The topological polar surface area (TPSA) is 90.4 Å². The van der Waals surface area contributed by atoms with E-state index in [2.05, 4.69) is 49.1 Å². The standard InChI is InChI=1S/C29H41Cl2N3O4Si/c1-18(38-39(6,7)29(2,3)4)16-23-33-26(30)25(27(31)34-23)28(36)32-22-14-12-21(13-15-22)20-10-8-19(9-11-20)17-24(35)37-5/h12-15,18-20H,8-11,16-17H2,1-7H3,(H,32,36)/t18-,19?,20?/m0/s1. The number of carbonyl (C=O) groups excluding carboxylic acids is 2. The predicted molar refractivity (Wildman–Crippen MR) is 159 cm³/mol. The van der Waals surface area contributed by atoms with E-state index >= 15 is 0 Å². The first-order chi connectivity index (χ1) is 18.2. The van der Waals surface area contributed by atoms with Crippen molar-refractivity contribution in [2.75, 3.05) is 12.4 Å². The van der Waals surface area contributed by atoms with Crippen molar-refractivity contribution in [2.24, 2.45) is 5.92 Å². The van der Waals surface area contributed by atoms with Crippen LogP contribution in [0.2, 0.25) is 28.4 Å². The van der Waals surface area contributed by atoms with Gasteiger partial charge in [0.05, 0.1) is 7.11 Å². The van der Waals surface area contributed by atoms with Gasteiger partial charge in [0.15, 0.2) is 8.32 Å². The lowest BCUT2D eigenvalue weighted by atomic mass is 9.77. The van der Waals surface area contributed by atoms with Gasteiger partial charge in [0.1, 0.15) is 21.7 Å². The maximum Gasteiger partial charge on any atom is 0.305 e. The molecule has 1 atom stereocenters. The third-order valence-electron chi connectivity index (χ3n) is 8.04. The Bertz CT molecular complexity index is 1140. The molecule has 1 N–H and O–H groups in total. The summed E-state index contributed by atoms with van der Waals surface area (Å²) in [6.07, 6.45) is 4.90. The second kappa shape index (κ2) is 13.1. The molecule has 1 saturated carbocycles. The largest absolute Gasteiger partial charge is 0.469 e. The van der Waals surface area contributed by atoms with Crippen LogP contribution in [0.15, 0.2) is 24.3 Å². The van der Waals surface area contributed by atoms with Gasteiger partial charge >= 0.3 is 5.97 Å². The van der Waals surface area contributed by atoms with Crippen LogP contribution in [0.3, 0.4) is 0 Å². The van der Waals surface area contributed by atoms with E-state index in [9.17, 15) is 9.59 Å². The number of hydrogen-bond donors (Lipinski definition) is 1. The first-order valence-electron chi connectivity index (χ1n) is 13.6. The van der Waals surface area contributed by atoms with Crippen LogP contribution in [-0.2, 0) is 20.4 Å². The third kappa shape index (κ3) is 8.49. The molecule has 1 aromatic heterocycles. The highest BCUT2D eigenvalue weighted by Crippen LogP contribution is 2.38. The number of ether oxygens (including phenoxy) is 1. The normalized spacial score (nSPS) is 18.9. The van der Waals surface area contributed by atoms with Crippen LogP contribution in [-0.4, -0.2) is 43.4 Å². The summed E-state index contributed by atoms with van der Waals surface area (Å²) in [4.78, 5) is 33.3. The zero-order valence-electron chi connectivity index (χ0n) is 24.1. The summed E-state index contributed by atoms with van der Waals surface area (Å²) in [5, 5.41) is 2.97. The van der Waals surface area contributed by atoms with E-state index in [0.717, 1.165) is 25.7 Å². The van der Waals surface area contributed by atoms with Crippen LogP contribution in [0, 0.1) is 5.92 Å². The Balaban J connectivity index is 1.60. The summed E-state index contributed by atoms with van der Waals surface area (Å²) < 4.78 is 11.2. The van der Waals surface area contributed by atoms with Gasteiger partial charge in [-0.3, -0.25) is 9.59 Å². The monoisotopic (exact) mass is 593 g/mol. The number of carbonyl (C=O) groups is 2. The minimum Gasteiger partial charge on any atom is -0.469 e. The smallest absolute Gasteiger partial charge is 0.305 e. The molecule has 0 radical (unpaired) electrons. The molecule has 7 nitrogen and oxygen atoms in total. The molecule has 1 fully saturated rings. The third-order valence-corrected chi connectivity index (χ3v) is 13.2. The molecule has 0 unspecified atom stereocenters. The highest BCUT2D eigenvalue weighted by molar-refractivity contribution is 6.74. The zero-order valence-corrected chi connectivity index (χ0v) is 26.6. The van der Waals surface area contributed by atoms with E-state index < -0.39 is 14.2 Å². The van der Waals surface area contributed by atoms with Crippen molar-refractivity contribution in [3.8, 4) is 0 Å². The fourth-order valence-corrected chi connectivity index (χ4v) is 6.79. The second-order valence-corrected chi connectivity index (χ2v) is 17.5. The van der Waals surface area contributed by atoms with E-state index in [0.29, 0.717) is 36.2 Å². The van der Waals surface area contributed by atoms with Gasteiger partial charge < -0.3 is 14.5 Å². The average molecular weight is 595 g/mol. The number of benzene rings is 1. The molecule has 1 aromatic carbocycles. The van der Waals surface area contributed by atoms with Crippen molar-refractivity contribution in [2.45, 2.75) is 96.4 Å². The first-order valence-corrected chi connectivity index (χ1v) is 17.2. The van der Waals surface area contributed by atoms with Crippen molar-refractivity contribution < 1.29 is 18.8 Å². The van der Waals surface area contributed by atoms with Gasteiger partial charge in [-0.05, 0) is 80.3 Å². The summed E-state index contributed by atoms with van der Waals surface area (Å²) in [5.41, 5.74) is 1.91. The first kappa shape index (κ1) is 31.5. The van der Waals surface area contributed by atoms with E-state index in [4.69, 9.17) is 32.4 Å². The van der Waals surface area contributed by atoms with Gasteiger partial charge in [-0.15, -0.1) is 0 Å². The second-order valence-electron chi connectivity index (χ2n) is 12.1. The van der Waals surface area contributed by atoms with Gasteiger partial charge in [-0.2, -0.15) is 0 Å². The number of anilines is 1. The van der Waals surface area contributed by atoms with Gasteiger partial charge in [0.2, 0.25) is 0 Å². The quantitative estimate of drug-likeness (QED) is 0.181. The molecule has 1 amide bonds. The Morgan fingerprint density at radius 2 is 1.62 bits per heavy atom. The minimum absolute atomic E-state index is 0.0161. The molecular weight excluding hydrogens is 553 g/mol. The average Bonchev–Trinajstić information content (AvgIpc) is 2.83. The number of methoxy groups -OCH3 is 1. The fourth-order valence-electron chi connectivity index (χ4n) is 4.76. The van der Waals surface area contributed by atoms with Gasteiger partial charge in [-0.25, -0.2) is 9.97 Å². The minimum atomic E-state index is -1.95. The molecule has 3 rings (SSSR count). The molecule has 39 heavy (non-hydrogen) atoms. The summed E-state index contributed by atoms with van der Waals surface area (Å²) in [7, 11) is -0.513. The number of nitrogens with one attached hydrogen (secondary N) is 1. The lowest BCUT2D eigenvalue weighted by molar-refractivity contribution is -0.142. The maximum atomic E-state index is 13.0. The molecule has 0 bridgehead atoms. The number of hydrogen-bond acceptors (Lipinski definition) is 6. The van der Waals surface area contributed by atoms with Gasteiger partial charge in [0, 0.05) is 24.6 Å². The van der Waals surface area contributed by atoms with Crippen LogP contribution in [0.4, 0.5) is 5.69 Å². The number of halogens is 2. The lowest BCUT2D eigenvalue weighted by Crippen LogP contribution is -2.43. The Kier molecular flexibility index (Phi) is 10.6. The summed E-state index contributed by atoms with van der Waals surface area (Å²) >= 11 is 12.8. The van der Waals surface area contributed by atoms with E-state index in [1.54, 1.807) is 0 Å². The Labute approximate surface area is 243 Å². The lowest BCUT2D eigenvalue weighted by Gasteiger charge is -2.38. The number of nitrogens with zero attached hydrogens (tertiary/aromatic N) is 2. The van der Waals surface area contributed by atoms with Crippen molar-refractivity contribution in [1.82, 2.24) is 9.97 Å². The van der Waals surface area contributed by atoms with Crippen LogP contribution in [0.5, 0.6) is 0 Å². The molecule has 1 heterocycles. The molecule has 0 saturated heterocycles. The molecular formula is C29H41Cl2N3O4Si. The fraction of sp³-hybridized carbons (Fsp3) is 0.586. The molecule has 10 heteroatoms. The van der Waals surface area contributed by atoms with Gasteiger partial charge in [0.25, 0.3) is 5.91 Å². The number of esters is 1. The van der Waals surface area contributed by atoms with Crippen molar-refractivity contribution in [3.05, 3.63) is 51.5 Å². The maximum absolute atomic E-state index is 13.0. The van der Waals surface area contributed by atoms with Crippen molar-refractivity contribution >= 4 is 49.1 Å². The Hall–Kier alpha value is -2.00. The highest BCUT2D eigenvalue weighted by atomic mass is 35.5. The van der Waals surface area contributed by atoms with E-state index in [-0.39, 0.29) is 33.0 Å². The van der Waals surface area contributed by atoms with Gasteiger partial charge in [-0.1, -0.05) is 56.1 Å². The summed E-state index contributed by atoms with van der Waals surface area (Å²) in [5.74, 6) is 0.681. The number of rotatable bonds is 9. The predicted octanol–water partition coefficient (Wildman–Crippen LogP) is 7.83. The summed E-state index contributed by atoms with van der Waals surface area (Å²) in [6.45, 7) is 13.0. The Morgan fingerprint density at radius 1 is 1.05 bits per heavy atom. The van der Waals surface area contributed by atoms with E-state index in [1.165, 1.54) is 12.7 Å². The van der Waals surface area contributed by atoms with Crippen LogP contribution in [0.25, 0.3) is 0 Å². The molecule has 214 valence electrons. The molecule has 2 aromatic rings. The van der Waals surface area contributed by atoms with Crippen molar-refractivity contribution in [1.29, 1.82) is 0 Å². The zero-order chi connectivity index (χ0) is 29.0. The number of aromatic nitrogens is 2. The Morgan fingerprint density at radius 3 is 2.13 bits per heavy atom.